The monoisotopic (exact) mass is 500 g/mol. The van der Waals surface area contributed by atoms with Crippen molar-refractivity contribution in [2.45, 2.75) is 52.7 Å². The number of nitrogens with one attached hydrogen (secondary N) is 1. The Morgan fingerprint density at radius 1 is 0.811 bits per heavy atom. The first-order valence-electron chi connectivity index (χ1n) is 12.6. The van der Waals surface area contributed by atoms with E-state index in [-0.39, 0.29) is 19.1 Å². The number of rotatable bonds is 10. The quantitative estimate of drug-likeness (QED) is 0.296. The van der Waals surface area contributed by atoms with Crippen LogP contribution in [-0.2, 0) is 34.0 Å². The fraction of sp³-hybridized carbons (Fsp3) is 0.300. The summed E-state index contributed by atoms with van der Waals surface area (Å²) in [4.78, 5) is 39.5. The van der Waals surface area contributed by atoms with Gasteiger partial charge in [0.1, 0.15) is 6.61 Å². The van der Waals surface area contributed by atoms with E-state index >= 15 is 0 Å². The maximum atomic E-state index is 13.0. The summed E-state index contributed by atoms with van der Waals surface area (Å²) in [5.41, 5.74) is 2.40. The van der Waals surface area contributed by atoms with Gasteiger partial charge in [-0.15, -0.1) is 0 Å². The van der Waals surface area contributed by atoms with E-state index in [1.807, 2.05) is 74.5 Å². The van der Waals surface area contributed by atoms with Gasteiger partial charge in [-0.05, 0) is 41.7 Å². The first kappa shape index (κ1) is 26.1. The Bertz CT molecular complexity index is 1210. The molecule has 0 spiro atoms. The molecule has 1 heterocycles. The summed E-state index contributed by atoms with van der Waals surface area (Å²) in [7, 11) is 0. The molecule has 4 rings (SSSR count). The number of nitrogens with zero attached hydrogens (tertiary/aromatic N) is 1. The lowest BCUT2D eigenvalue weighted by Crippen LogP contribution is -2.72. The maximum absolute atomic E-state index is 13.0. The number of ether oxygens (including phenoxy) is 2. The van der Waals surface area contributed by atoms with Crippen LogP contribution in [0.4, 0.5) is 4.79 Å². The molecular formula is C30H32N2O5. The molecule has 192 valence electrons. The van der Waals surface area contributed by atoms with Crippen LogP contribution in [0.5, 0.6) is 0 Å². The minimum absolute atomic E-state index is 0.196. The lowest BCUT2D eigenvalue weighted by molar-refractivity contribution is -0.213. The van der Waals surface area contributed by atoms with Gasteiger partial charge in [0.15, 0.2) is 6.23 Å². The van der Waals surface area contributed by atoms with Crippen molar-refractivity contribution < 1.29 is 23.9 Å². The van der Waals surface area contributed by atoms with Crippen molar-refractivity contribution in [1.29, 1.82) is 0 Å². The van der Waals surface area contributed by atoms with Gasteiger partial charge in [0.2, 0.25) is 5.91 Å². The fourth-order valence-electron chi connectivity index (χ4n) is 4.54. The van der Waals surface area contributed by atoms with Crippen molar-refractivity contribution in [3.63, 3.8) is 0 Å². The van der Waals surface area contributed by atoms with E-state index in [0.717, 1.165) is 16.7 Å². The van der Waals surface area contributed by atoms with Crippen LogP contribution in [-0.4, -0.2) is 29.0 Å². The zero-order valence-corrected chi connectivity index (χ0v) is 21.2. The molecule has 3 aromatic rings. The van der Waals surface area contributed by atoms with Gasteiger partial charge < -0.3 is 14.8 Å². The third kappa shape index (κ3) is 5.73. The van der Waals surface area contributed by atoms with Gasteiger partial charge in [-0.25, -0.2) is 14.5 Å². The molecule has 1 unspecified atom stereocenters. The van der Waals surface area contributed by atoms with E-state index in [1.54, 1.807) is 24.3 Å². The number of hydrogen-bond donors (Lipinski definition) is 1. The number of amides is 3. The van der Waals surface area contributed by atoms with Crippen molar-refractivity contribution in [2.75, 3.05) is 0 Å². The highest BCUT2D eigenvalue weighted by Crippen LogP contribution is 2.46. The average molecular weight is 501 g/mol. The molecule has 0 bridgehead atoms. The number of imide groups is 1. The first-order chi connectivity index (χ1) is 18.0. The van der Waals surface area contributed by atoms with E-state index in [0.29, 0.717) is 24.9 Å². The Labute approximate surface area is 217 Å². The van der Waals surface area contributed by atoms with E-state index in [4.69, 9.17) is 9.47 Å². The summed E-state index contributed by atoms with van der Waals surface area (Å²) in [5.74, 6) is -0.622. The number of likely N-dealkylation sites (tertiary alicyclic amines) is 1. The minimum atomic E-state index is -0.731. The molecule has 1 aliphatic heterocycles. The summed E-state index contributed by atoms with van der Waals surface area (Å²) in [6, 6.07) is 25.5. The zero-order chi connectivity index (χ0) is 26.3. The second-order valence-electron chi connectivity index (χ2n) is 9.10. The molecule has 3 amide bonds. The average Bonchev–Trinajstić information content (AvgIpc) is 2.95. The molecule has 1 N–H and O–H groups in total. The number of esters is 1. The smallest absolute Gasteiger partial charge is 0.338 e. The Hall–Kier alpha value is -3.97. The van der Waals surface area contributed by atoms with Crippen LogP contribution in [0.1, 0.15) is 53.7 Å². The number of benzene rings is 3. The molecule has 1 saturated heterocycles. The van der Waals surface area contributed by atoms with Gasteiger partial charge in [-0.2, -0.15) is 0 Å². The highest BCUT2D eigenvalue weighted by Gasteiger charge is 2.61. The van der Waals surface area contributed by atoms with Crippen LogP contribution >= 0.6 is 0 Å². The van der Waals surface area contributed by atoms with Crippen molar-refractivity contribution in [3.05, 3.63) is 107 Å². The van der Waals surface area contributed by atoms with Gasteiger partial charge in [-0.3, -0.25) is 4.79 Å². The Morgan fingerprint density at radius 3 is 1.97 bits per heavy atom. The molecule has 0 saturated carbocycles. The van der Waals surface area contributed by atoms with Crippen LogP contribution < -0.4 is 5.32 Å². The van der Waals surface area contributed by atoms with E-state index < -0.39 is 23.6 Å². The summed E-state index contributed by atoms with van der Waals surface area (Å²) < 4.78 is 11.5. The highest BCUT2D eigenvalue weighted by molar-refractivity contribution is 6.03. The molecule has 7 nitrogen and oxygen atoms in total. The number of urea groups is 1. The molecule has 0 aliphatic carbocycles. The van der Waals surface area contributed by atoms with Crippen LogP contribution in [0.15, 0.2) is 84.9 Å². The molecule has 3 aromatic carbocycles. The Morgan fingerprint density at radius 2 is 1.38 bits per heavy atom. The summed E-state index contributed by atoms with van der Waals surface area (Å²) in [5, 5.41) is 2.82. The largest absolute Gasteiger partial charge is 0.457 e. The Balaban J connectivity index is 1.36. The maximum Gasteiger partial charge on any atom is 0.338 e. The molecule has 1 fully saturated rings. The van der Waals surface area contributed by atoms with Crippen LogP contribution in [0.2, 0.25) is 0 Å². The lowest BCUT2D eigenvalue weighted by atomic mass is 9.72. The van der Waals surface area contributed by atoms with Crippen LogP contribution in [0, 0.1) is 5.41 Å². The molecule has 1 aliphatic rings. The van der Waals surface area contributed by atoms with Gasteiger partial charge in [0.05, 0.1) is 17.6 Å². The molecule has 7 heteroatoms. The first-order valence-corrected chi connectivity index (χ1v) is 12.6. The standard InChI is InChI=1S/C30H32N2O5/c1-3-30(4-2)27(34)32(29(35)31-19-22-11-7-5-8-12-22)28(30)37-21-24-15-17-25(18-16-24)26(33)36-20-23-13-9-6-10-14-23/h5-18,28H,3-4,19-21H2,1-2H3,(H,31,35). The van der Waals surface area contributed by atoms with E-state index in [9.17, 15) is 14.4 Å². The highest BCUT2D eigenvalue weighted by atomic mass is 16.5. The SMILES string of the molecule is CCC1(CC)C(=O)N(C(=O)NCc2ccccc2)C1OCc1ccc(C(=O)OCc2ccccc2)cc1. The second-order valence-corrected chi connectivity index (χ2v) is 9.10. The van der Waals surface area contributed by atoms with E-state index in [1.165, 1.54) is 4.90 Å². The van der Waals surface area contributed by atoms with Gasteiger partial charge in [-0.1, -0.05) is 86.6 Å². The summed E-state index contributed by atoms with van der Waals surface area (Å²) in [6.07, 6.45) is 0.477. The van der Waals surface area contributed by atoms with Crippen LogP contribution in [0.3, 0.4) is 0 Å². The molecule has 37 heavy (non-hydrogen) atoms. The number of hydrogen-bond acceptors (Lipinski definition) is 5. The molecule has 1 atom stereocenters. The molecule has 0 radical (unpaired) electrons. The van der Waals surface area contributed by atoms with Crippen molar-refractivity contribution in [1.82, 2.24) is 10.2 Å². The topological polar surface area (TPSA) is 84.9 Å². The number of carbonyl (C=O) groups excluding carboxylic acids is 3. The van der Waals surface area contributed by atoms with Crippen LogP contribution in [0.25, 0.3) is 0 Å². The minimum Gasteiger partial charge on any atom is -0.457 e. The van der Waals surface area contributed by atoms with E-state index in [2.05, 4.69) is 5.32 Å². The summed E-state index contributed by atoms with van der Waals surface area (Å²) in [6.45, 7) is 4.60. The lowest BCUT2D eigenvalue weighted by Gasteiger charge is -2.53. The normalized spacial score (nSPS) is 16.1. The van der Waals surface area contributed by atoms with Gasteiger partial charge in [0.25, 0.3) is 0 Å². The Kier molecular flexibility index (Phi) is 8.36. The number of β-lactam (4-membered cyclic amide) rings is 1. The van der Waals surface area contributed by atoms with Gasteiger partial charge >= 0.3 is 12.0 Å². The van der Waals surface area contributed by atoms with Crippen molar-refractivity contribution in [2.24, 2.45) is 5.41 Å². The zero-order valence-electron chi connectivity index (χ0n) is 21.2. The molecular weight excluding hydrogens is 468 g/mol. The third-order valence-corrected chi connectivity index (χ3v) is 6.93. The second kappa shape index (κ2) is 11.8. The predicted octanol–water partition coefficient (Wildman–Crippen LogP) is 5.44. The van der Waals surface area contributed by atoms with Gasteiger partial charge in [0, 0.05) is 6.54 Å². The van der Waals surface area contributed by atoms with Crippen molar-refractivity contribution >= 4 is 17.9 Å². The third-order valence-electron chi connectivity index (χ3n) is 6.93. The summed E-state index contributed by atoms with van der Waals surface area (Å²) >= 11 is 0. The predicted molar refractivity (Wildman–Crippen MR) is 139 cm³/mol. The number of carbonyl (C=O) groups is 3. The molecule has 0 aromatic heterocycles. The van der Waals surface area contributed by atoms with Crippen molar-refractivity contribution in [3.8, 4) is 0 Å². The fourth-order valence-corrected chi connectivity index (χ4v) is 4.54.